The van der Waals surface area contributed by atoms with Crippen molar-refractivity contribution >= 4 is 29.7 Å². The number of hydrogen-bond acceptors (Lipinski definition) is 7. The first-order chi connectivity index (χ1) is 18.0. The van der Waals surface area contributed by atoms with Crippen LogP contribution in [0, 0.1) is 0 Å². The summed E-state index contributed by atoms with van der Waals surface area (Å²) in [5.41, 5.74) is 1.81. The zero-order chi connectivity index (χ0) is 27.4. The van der Waals surface area contributed by atoms with Crippen LogP contribution >= 0.6 is 11.8 Å². The maximum absolute atomic E-state index is 13.8. The third kappa shape index (κ3) is 6.22. The number of nitrogens with zero attached hydrogens (tertiary/aromatic N) is 2. The Bertz CT molecular complexity index is 1200. The van der Waals surface area contributed by atoms with Gasteiger partial charge in [-0.2, -0.15) is 0 Å². The van der Waals surface area contributed by atoms with Gasteiger partial charge in [0, 0.05) is 19.8 Å². The number of allylic oxidation sites excluding steroid dienone is 1. The standard InChI is InChI=1S/C29H33N3O5S/c1-29(2,3)37-28(35)30-22-25(33)32-23(21(16-17-31(4)5)18-38-26(22)32)27(34)36-24(19-12-8-6-9-13-19)20-14-10-7-11-15-20/h6-17,22,24,26H,18H2,1-5H3,(H,30,35). The van der Waals surface area contributed by atoms with E-state index < -0.39 is 35.2 Å². The van der Waals surface area contributed by atoms with Crippen LogP contribution in [0.3, 0.4) is 0 Å². The van der Waals surface area contributed by atoms with E-state index in [1.54, 1.807) is 20.8 Å². The van der Waals surface area contributed by atoms with E-state index in [1.165, 1.54) is 16.7 Å². The largest absolute Gasteiger partial charge is 0.448 e. The van der Waals surface area contributed by atoms with E-state index in [2.05, 4.69) is 5.32 Å². The summed E-state index contributed by atoms with van der Waals surface area (Å²) >= 11 is 1.48. The van der Waals surface area contributed by atoms with Gasteiger partial charge in [-0.3, -0.25) is 9.69 Å². The summed E-state index contributed by atoms with van der Waals surface area (Å²) in [4.78, 5) is 42.8. The van der Waals surface area contributed by atoms with E-state index in [1.807, 2.05) is 91.9 Å². The lowest BCUT2D eigenvalue weighted by molar-refractivity contribution is -0.153. The number of esters is 1. The van der Waals surface area contributed by atoms with Crippen LogP contribution in [0.1, 0.15) is 38.0 Å². The Hall–Kier alpha value is -3.72. The summed E-state index contributed by atoms with van der Waals surface area (Å²) in [6.45, 7) is 5.27. The van der Waals surface area contributed by atoms with Gasteiger partial charge in [0.25, 0.3) is 5.91 Å². The normalized spacial score (nSPS) is 19.2. The molecule has 1 fully saturated rings. The third-order valence-corrected chi connectivity index (χ3v) is 7.17. The molecule has 9 heteroatoms. The smallest absolute Gasteiger partial charge is 0.408 e. The van der Waals surface area contributed by atoms with E-state index >= 15 is 0 Å². The molecule has 0 radical (unpaired) electrons. The quantitative estimate of drug-likeness (QED) is 0.414. The van der Waals surface area contributed by atoms with Crippen molar-refractivity contribution in [3.8, 4) is 0 Å². The molecule has 0 aliphatic carbocycles. The molecule has 0 spiro atoms. The first-order valence-corrected chi connectivity index (χ1v) is 13.4. The zero-order valence-electron chi connectivity index (χ0n) is 22.2. The highest BCUT2D eigenvalue weighted by Gasteiger charge is 2.54. The van der Waals surface area contributed by atoms with Crippen LogP contribution in [0.25, 0.3) is 0 Å². The van der Waals surface area contributed by atoms with Gasteiger partial charge in [-0.25, -0.2) is 9.59 Å². The number of rotatable bonds is 7. The summed E-state index contributed by atoms with van der Waals surface area (Å²) in [5, 5.41) is 2.22. The molecule has 2 atom stereocenters. The Labute approximate surface area is 227 Å². The molecule has 4 rings (SSSR count). The maximum atomic E-state index is 13.8. The molecule has 0 aromatic heterocycles. The molecule has 0 saturated carbocycles. The fraction of sp³-hybridized carbons (Fsp3) is 0.345. The average molecular weight is 536 g/mol. The molecule has 2 unspecified atom stereocenters. The molecule has 1 saturated heterocycles. The van der Waals surface area contributed by atoms with Crippen molar-refractivity contribution in [1.29, 1.82) is 0 Å². The van der Waals surface area contributed by atoms with Crippen molar-refractivity contribution in [2.45, 2.75) is 43.9 Å². The Morgan fingerprint density at radius 3 is 2.16 bits per heavy atom. The Balaban J connectivity index is 1.64. The summed E-state index contributed by atoms with van der Waals surface area (Å²) in [6, 6.07) is 18.2. The minimum Gasteiger partial charge on any atom is -0.448 e. The number of amides is 2. The second-order valence-electron chi connectivity index (χ2n) is 10.3. The van der Waals surface area contributed by atoms with E-state index in [9.17, 15) is 14.4 Å². The highest BCUT2D eigenvalue weighted by atomic mass is 32.2. The van der Waals surface area contributed by atoms with Crippen LogP contribution in [0.5, 0.6) is 0 Å². The number of benzene rings is 2. The molecule has 1 N–H and O–H groups in total. The van der Waals surface area contributed by atoms with E-state index in [4.69, 9.17) is 9.47 Å². The van der Waals surface area contributed by atoms with Gasteiger partial charge in [0.05, 0.1) is 0 Å². The maximum Gasteiger partial charge on any atom is 0.408 e. The first kappa shape index (κ1) is 27.3. The highest BCUT2D eigenvalue weighted by Crippen LogP contribution is 2.42. The van der Waals surface area contributed by atoms with Crippen molar-refractivity contribution in [2.24, 2.45) is 0 Å². The molecule has 2 amide bonds. The van der Waals surface area contributed by atoms with Crippen LogP contribution in [0.2, 0.25) is 0 Å². The third-order valence-electron chi connectivity index (χ3n) is 5.87. The van der Waals surface area contributed by atoms with Gasteiger partial charge in [0.1, 0.15) is 22.7 Å². The lowest BCUT2D eigenvalue weighted by Crippen LogP contribution is -2.70. The minimum absolute atomic E-state index is 0.191. The van der Waals surface area contributed by atoms with Gasteiger partial charge in [-0.05, 0) is 49.7 Å². The van der Waals surface area contributed by atoms with Crippen LogP contribution in [0.15, 0.2) is 84.2 Å². The fourth-order valence-corrected chi connectivity index (χ4v) is 5.50. The summed E-state index contributed by atoms with van der Waals surface area (Å²) in [6.07, 6.45) is 2.32. The van der Waals surface area contributed by atoms with Crippen LogP contribution in [-0.2, 0) is 19.1 Å². The van der Waals surface area contributed by atoms with Crippen molar-refractivity contribution in [3.05, 3.63) is 95.3 Å². The number of β-lactam (4-membered cyclic amide) rings is 1. The SMILES string of the molecule is CN(C)C=CC1=C(C(=O)OC(c2ccccc2)c2ccccc2)N2C(=O)C(NC(=O)OC(C)(C)C)C2SC1. The molecule has 2 aliphatic heterocycles. The second kappa shape index (κ2) is 11.3. The summed E-state index contributed by atoms with van der Waals surface area (Å²) in [5.74, 6) is -0.515. The molecule has 0 bridgehead atoms. The van der Waals surface area contributed by atoms with Crippen LogP contribution in [-0.4, -0.2) is 64.6 Å². The number of hydrogen-bond donors (Lipinski definition) is 1. The van der Waals surface area contributed by atoms with Crippen molar-refractivity contribution in [3.63, 3.8) is 0 Å². The van der Waals surface area contributed by atoms with Crippen molar-refractivity contribution in [1.82, 2.24) is 15.1 Å². The van der Waals surface area contributed by atoms with Gasteiger partial charge in [0.2, 0.25) is 0 Å². The van der Waals surface area contributed by atoms with E-state index in [0.29, 0.717) is 11.3 Å². The van der Waals surface area contributed by atoms with Crippen LogP contribution < -0.4 is 5.32 Å². The Morgan fingerprint density at radius 2 is 1.63 bits per heavy atom. The van der Waals surface area contributed by atoms with Crippen molar-refractivity contribution < 1.29 is 23.9 Å². The topological polar surface area (TPSA) is 88.2 Å². The zero-order valence-corrected chi connectivity index (χ0v) is 23.0. The second-order valence-corrected chi connectivity index (χ2v) is 11.4. The Kier molecular flexibility index (Phi) is 8.16. The van der Waals surface area contributed by atoms with Crippen LogP contribution in [0.4, 0.5) is 4.79 Å². The molecule has 2 aromatic rings. The summed E-state index contributed by atoms with van der Waals surface area (Å²) in [7, 11) is 3.76. The van der Waals surface area contributed by atoms with Gasteiger partial charge >= 0.3 is 12.1 Å². The predicted octanol–water partition coefficient (Wildman–Crippen LogP) is 4.46. The van der Waals surface area contributed by atoms with Gasteiger partial charge in [-0.15, -0.1) is 11.8 Å². The first-order valence-electron chi connectivity index (χ1n) is 12.4. The van der Waals surface area contributed by atoms with Gasteiger partial charge in [0.15, 0.2) is 6.10 Å². The van der Waals surface area contributed by atoms with E-state index in [-0.39, 0.29) is 11.6 Å². The van der Waals surface area contributed by atoms with Crippen molar-refractivity contribution in [2.75, 3.05) is 19.8 Å². The molecule has 8 nitrogen and oxygen atoms in total. The number of fused-ring (bicyclic) bond motifs is 1. The highest BCUT2D eigenvalue weighted by molar-refractivity contribution is 8.00. The fourth-order valence-electron chi connectivity index (χ4n) is 4.18. The van der Waals surface area contributed by atoms with Gasteiger partial charge in [-0.1, -0.05) is 60.7 Å². The number of nitrogens with one attached hydrogen (secondary N) is 1. The van der Waals surface area contributed by atoms with Gasteiger partial charge < -0.3 is 19.7 Å². The molecule has 2 aromatic carbocycles. The molecular formula is C29H33N3O5S. The number of carbonyl (C=O) groups excluding carboxylic acids is 3. The lowest BCUT2D eigenvalue weighted by Gasteiger charge is -2.49. The molecule has 200 valence electrons. The summed E-state index contributed by atoms with van der Waals surface area (Å²) < 4.78 is 11.5. The predicted molar refractivity (Wildman–Crippen MR) is 147 cm³/mol. The molecule has 38 heavy (non-hydrogen) atoms. The molecular weight excluding hydrogens is 502 g/mol. The monoisotopic (exact) mass is 535 g/mol. The molecule has 2 aliphatic rings. The number of ether oxygens (including phenoxy) is 2. The lowest BCUT2D eigenvalue weighted by atomic mass is 10.0. The Morgan fingerprint density at radius 1 is 1.05 bits per heavy atom. The number of thioether (sulfide) groups is 1. The number of alkyl carbamates (subject to hydrolysis) is 1. The average Bonchev–Trinajstić information content (AvgIpc) is 2.88. The minimum atomic E-state index is -0.795. The van der Waals surface area contributed by atoms with E-state index in [0.717, 1.165) is 11.1 Å². The number of carbonyl (C=O) groups is 3. The molecule has 2 heterocycles.